The van der Waals surface area contributed by atoms with E-state index in [1.165, 1.54) is 0 Å². The van der Waals surface area contributed by atoms with Crippen LogP contribution in [0.1, 0.15) is 17.1 Å². The van der Waals surface area contributed by atoms with Gasteiger partial charge in [-0.05, 0) is 19.0 Å². The van der Waals surface area contributed by atoms with Crippen LogP contribution in [0.15, 0.2) is 6.20 Å². The summed E-state index contributed by atoms with van der Waals surface area (Å²) in [5.74, 6) is 1.00. The van der Waals surface area contributed by atoms with Crippen LogP contribution < -0.4 is 5.32 Å². The van der Waals surface area contributed by atoms with Gasteiger partial charge in [0.2, 0.25) is 0 Å². The fraction of sp³-hybridized carbons (Fsp3) is 0.600. The molecule has 0 saturated heterocycles. The van der Waals surface area contributed by atoms with Crippen LogP contribution in [0, 0.1) is 0 Å². The summed E-state index contributed by atoms with van der Waals surface area (Å²) in [6, 6.07) is 0. The molecule has 0 spiro atoms. The topological polar surface area (TPSA) is 72.0 Å². The normalized spacial score (nSPS) is 18.1. The number of nitrogens with zero attached hydrogens (tertiary/aromatic N) is 2. The monoisotopic (exact) mass is 241 g/mol. The Hall–Kier alpha value is -1.01. The van der Waals surface area contributed by atoms with E-state index >= 15 is 0 Å². The number of aryl methyl sites for hydroxylation is 1. The number of hydrogen-bond acceptors (Lipinski definition) is 5. The van der Waals surface area contributed by atoms with Crippen molar-refractivity contribution in [3.63, 3.8) is 0 Å². The van der Waals surface area contributed by atoms with Crippen LogP contribution in [0.4, 0.5) is 0 Å². The molecule has 0 atom stereocenters. The lowest BCUT2D eigenvalue weighted by Crippen LogP contribution is -2.22. The van der Waals surface area contributed by atoms with Gasteiger partial charge in [0, 0.05) is 19.2 Å². The van der Waals surface area contributed by atoms with Gasteiger partial charge in [-0.1, -0.05) is 0 Å². The Morgan fingerprint density at radius 1 is 1.50 bits per heavy atom. The van der Waals surface area contributed by atoms with E-state index < -0.39 is 9.84 Å². The van der Waals surface area contributed by atoms with Crippen molar-refractivity contribution in [2.75, 3.05) is 19.3 Å². The molecule has 88 valence electrons. The molecule has 0 amide bonds. The van der Waals surface area contributed by atoms with Crippen molar-refractivity contribution in [3.05, 3.63) is 23.3 Å². The van der Waals surface area contributed by atoms with E-state index in [0.29, 0.717) is 17.9 Å². The van der Waals surface area contributed by atoms with Crippen LogP contribution in [0.2, 0.25) is 0 Å². The van der Waals surface area contributed by atoms with Crippen molar-refractivity contribution in [1.29, 1.82) is 0 Å². The second-order valence-electron chi connectivity index (χ2n) is 3.95. The first kappa shape index (κ1) is 11.5. The summed E-state index contributed by atoms with van der Waals surface area (Å²) in [6.07, 6.45) is 3.04. The van der Waals surface area contributed by atoms with Gasteiger partial charge in [-0.3, -0.25) is 0 Å². The molecule has 0 unspecified atom stereocenters. The number of sulfone groups is 1. The third-order valence-corrected chi connectivity index (χ3v) is 4.18. The zero-order chi connectivity index (χ0) is 11.6. The van der Waals surface area contributed by atoms with Gasteiger partial charge in [0.25, 0.3) is 0 Å². The third-order valence-electron chi connectivity index (χ3n) is 2.64. The highest BCUT2D eigenvalue weighted by atomic mass is 32.2. The average molecular weight is 241 g/mol. The predicted octanol–water partition coefficient (Wildman–Crippen LogP) is -0.291. The van der Waals surface area contributed by atoms with Crippen molar-refractivity contribution < 1.29 is 8.42 Å². The number of likely N-dealkylation sites (N-methyl/N-ethyl adjacent to an activating group) is 1. The van der Waals surface area contributed by atoms with E-state index in [9.17, 15) is 8.42 Å². The first-order valence-electron chi connectivity index (χ1n) is 5.29. The van der Waals surface area contributed by atoms with Crippen molar-refractivity contribution >= 4 is 9.84 Å². The number of rotatable bonds is 3. The number of hydrogen-bond donors (Lipinski definition) is 1. The Labute approximate surface area is 95.2 Å². The summed E-state index contributed by atoms with van der Waals surface area (Å²) in [6.45, 7) is 0.797. The van der Waals surface area contributed by atoms with E-state index in [1.54, 1.807) is 6.20 Å². The van der Waals surface area contributed by atoms with Crippen LogP contribution in [-0.2, 0) is 28.4 Å². The third kappa shape index (κ3) is 2.56. The second-order valence-corrected chi connectivity index (χ2v) is 6.14. The van der Waals surface area contributed by atoms with Crippen LogP contribution in [0.3, 0.4) is 0 Å². The molecule has 2 rings (SSSR count). The summed E-state index contributed by atoms with van der Waals surface area (Å²) in [7, 11) is -1.08. The van der Waals surface area contributed by atoms with E-state index in [2.05, 4.69) is 15.3 Å². The fourth-order valence-corrected chi connectivity index (χ4v) is 3.06. The smallest absolute Gasteiger partial charge is 0.156 e. The number of aromatic nitrogens is 2. The quantitative estimate of drug-likeness (QED) is 0.787. The lowest BCUT2D eigenvalue weighted by molar-refractivity contribution is 0.589. The molecule has 2 heterocycles. The Balaban J connectivity index is 2.24. The molecule has 0 fully saturated rings. The van der Waals surface area contributed by atoms with E-state index in [1.807, 2.05) is 7.05 Å². The summed E-state index contributed by atoms with van der Waals surface area (Å²) >= 11 is 0. The lowest BCUT2D eigenvalue weighted by atomic mass is 10.2. The molecule has 1 aliphatic heterocycles. The maximum Gasteiger partial charge on any atom is 0.156 e. The summed E-state index contributed by atoms with van der Waals surface area (Å²) in [5.41, 5.74) is 1.66. The van der Waals surface area contributed by atoms with Crippen molar-refractivity contribution in [1.82, 2.24) is 15.3 Å². The molecule has 1 aromatic heterocycles. The van der Waals surface area contributed by atoms with Crippen LogP contribution >= 0.6 is 0 Å². The SMILES string of the molecule is CNCCc1ncc2c(n1)CS(=O)(=O)CC2. The van der Waals surface area contributed by atoms with Crippen molar-refractivity contribution in [3.8, 4) is 0 Å². The molecule has 0 aliphatic carbocycles. The van der Waals surface area contributed by atoms with Crippen LogP contribution in [0.5, 0.6) is 0 Å². The lowest BCUT2D eigenvalue weighted by Gasteiger charge is -2.15. The first-order valence-corrected chi connectivity index (χ1v) is 7.11. The van der Waals surface area contributed by atoms with Gasteiger partial charge in [-0.15, -0.1) is 0 Å². The molecule has 6 heteroatoms. The maximum atomic E-state index is 11.5. The minimum absolute atomic E-state index is 0.0669. The molecule has 1 aliphatic rings. The minimum Gasteiger partial charge on any atom is -0.319 e. The first-order chi connectivity index (χ1) is 7.61. The number of fused-ring (bicyclic) bond motifs is 1. The minimum atomic E-state index is -2.94. The molecule has 0 bridgehead atoms. The molecule has 0 aromatic carbocycles. The largest absolute Gasteiger partial charge is 0.319 e. The Bertz CT molecular complexity index is 485. The van der Waals surface area contributed by atoms with Gasteiger partial charge in [-0.25, -0.2) is 18.4 Å². The van der Waals surface area contributed by atoms with Gasteiger partial charge in [0.1, 0.15) is 5.82 Å². The molecule has 1 N–H and O–H groups in total. The molecule has 0 radical (unpaired) electrons. The molecular weight excluding hydrogens is 226 g/mol. The van der Waals surface area contributed by atoms with Crippen molar-refractivity contribution in [2.24, 2.45) is 0 Å². The van der Waals surface area contributed by atoms with Gasteiger partial charge in [0.15, 0.2) is 9.84 Å². The van der Waals surface area contributed by atoms with Crippen LogP contribution in [-0.4, -0.2) is 37.7 Å². The molecule has 5 nitrogen and oxygen atoms in total. The van der Waals surface area contributed by atoms with E-state index in [4.69, 9.17) is 0 Å². The van der Waals surface area contributed by atoms with Crippen LogP contribution in [0.25, 0.3) is 0 Å². The second kappa shape index (κ2) is 4.47. The van der Waals surface area contributed by atoms with Gasteiger partial charge in [-0.2, -0.15) is 0 Å². The summed E-state index contributed by atoms with van der Waals surface area (Å²) in [4.78, 5) is 8.55. The van der Waals surface area contributed by atoms with Crippen molar-refractivity contribution in [2.45, 2.75) is 18.6 Å². The Morgan fingerprint density at radius 2 is 2.31 bits per heavy atom. The summed E-state index contributed by atoms with van der Waals surface area (Å²) < 4.78 is 22.9. The zero-order valence-corrected chi connectivity index (χ0v) is 10.0. The maximum absolute atomic E-state index is 11.5. The molecule has 16 heavy (non-hydrogen) atoms. The van der Waals surface area contributed by atoms with Gasteiger partial charge < -0.3 is 5.32 Å². The van der Waals surface area contributed by atoms with E-state index in [-0.39, 0.29) is 11.5 Å². The highest BCUT2D eigenvalue weighted by Crippen LogP contribution is 2.17. The Morgan fingerprint density at radius 3 is 3.06 bits per heavy atom. The fourth-order valence-electron chi connectivity index (χ4n) is 1.72. The predicted molar refractivity (Wildman–Crippen MR) is 60.9 cm³/mol. The van der Waals surface area contributed by atoms with E-state index in [0.717, 1.165) is 18.5 Å². The summed E-state index contributed by atoms with van der Waals surface area (Å²) in [5, 5.41) is 3.01. The molecular formula is C10H15N3O2S. The number of nitrogens with one attached hydrogen (secondary N) is 1. The zero-order valence-electron chi connectivity index (χ0n) is 9.23. The average Bonchev–Trinajstić information content (AvgIpc) is 2.24. The van der Waals surface area contributed by atoms with Gasteiger partial charge in [0.05, 0.1) is 17.2 Å². The molecule has 1 aromatic rings. The van der Waals surface area contributed by atoms with Gasteiger partial charge >= 0.3 is 0 Å². The standard InChI is InChI=1S/C10H15N3O2S/c1-11-4-2-10-12-6-8-3-5-16(14,15)7-9(8)13-10/h6,11H,2-5,7H2,1H3. The highest BCUT2D eigenvalue weighted by Gasteiger charge is 2.22. The highest BCUT2D eigenvalue weighted by molar-refractivity contribution is 7.90. The Kier molecular flexibility index (Phi) is 3.20. The molecule has 0 saturated carbocycles.